The quantitative estimate of drug-likeness (QED) is 0.702. The normalized spacial score (nSPS) is 19.8. The molecular weight excluding hydrogens is 364 g/mol. The van der Waals surface area contributed by atoms with E-state index in [1.54, 1.807) is 33.0 Å². The molecule has 0 fully saturated rings. The highest BCUT2D eigenvalue weighted by Crippen LogP contribution is 2.43. The van der Waals surface area contributed by atoms with Crippen LogP contribution in [0.25, 0.3) is 0 Å². The fourth-order valence-electron chi connectivity index (χ4n) is 3.31. The molecule has 1 aliphatic rings. The molecule has 5 N–H and O–H groups in total. The Labute approximate surface area is 162 Å². The van der Waals surface area contributed by atoms with Crippen molar-refractivity contribution in [1.29, 1.82) is 0 Å². The molecular formula is C19H21ClN6O. The molecule has 140 valence electrons. The number of fused-ring (bicyclic) bond motifs is 1. The first kappa shape index (κ1) is 18.8. The molecule has 1 unspecified atom stereocenters. The van der Waals surface area contributed by atoms with Crippen molar-refractivity contribution in [1.82, 2.24) is 9.97 Å². The molecule has 27 heavy (non-hydrogen) atoms. The number of nitrogens with two attached hydrogens (primary N) is 2. The van der Waals surface area contributed by atoms with Gasteiger partial charge in [0.2, 0.25) is 5.91 Å². The van der Waals surface area contributed by atoms with Gasteiger partial charge in [-0.25, -0.2) is 9.97 Å². The minimum absolute atomic E-state index is 0.188. The number of allylic oxidation sites excluding steroid dienone is 1. The summed E-state index contributed by atoms with van der Waals surface area (Å²) < 4.78 is 0. The van der Waals surface area contributed by atoms with Crippen LogP contribution in [0.3, 0.4) is 0 Å². The molecule has 1 aromatic heterocycles. The molecule has 1 aliphatic heterocycles. The smallest absolute Gasteiger partial charge is 0.242 e. The topological polar surface area (TPSA) is 119 Å². The van der Waals surface area contributed by atoms with Gasteiger partial charge in [-0.1, -0.05) is 23.7 Å². The van der Waals surface area contributed by atoms with Crippen LogP contribution in [0.4, 0.5) is 11.6 Å². The van der Waals surface area contributed by atoms with Crippen molar-refractivity contribution in [2.75, 3.05) is 18.1 Å². The summed E-state index contributed by atoms with van der Waals surface area (Å²) in [6.45, 7) is 5.40. The number of anilines is 2. The molecule has 8 heteroatoms. The Bertz CT molecular complexity index is 1010. The summed E-state index contributed by atoms with van der Waals surface area (Å²) in [6, 6.07) is 5.47. The number of nitrogen functional groups attached to an aromatic ring is 1. The standard InChI is InChI=1S/C19H21ClN6O/c1-5-12(21)19(3)13-15(22)24-17(25-16(13)26-18(19)27)14(23-4)11-7-6-10(20)8-9(11)2/h5-8H,21H2,1-4H3,(H3,22,24,25,26,27)/b12-5-,23-14?. The highest BCUT2D eigenvalue weighted by Gasteiger charge is 2.48. The Morgan fingerprint density at radius 2 is 2.07 bits per heavy atom. The molecule has 1 aromatic carbocycles. The Hall–Kier alpha value is -2.93. The number of amides is 1. The van der Waals surface area contributed by atoms with Gasteiger partial charge < -0.3 is 16.8 Å². The lowest BCUT2D eigenvalue weighted by Gasteiger charge is -2.23. The van der Waals surface area contributed by atoms with E-state index in [2.05, 4.69) is 20.3 Å². The van der Waals surface area contributed by atoms with Gasteiger partial charge in [0.25, 0.3) is 0 Å². The maximum Gasteiger partial charge on any atom is 0.242 e. The Morgan fingerprint density at radius 1 is 1.37 bits per heavy atom. The molecule has 0 aliphatic carbocycles. The lowest BCUT2D eigenvalue weighted by Crippen LogP contribution is -2.37. The van der Waals surface area contributed by atoms with Crippen molar-refractivity contribution >= 4 is 34.9 Å². The second kappa shape index (κ2) is 6.66. The zero-order chi connectivity index (χ0) is 19.9. The van der Waals surface area contributed by atoms with E-state index in [0.29, 0.717) is 33.6 Å². The number of nitrogens with zero attached hydrogens (tertiary/aromatic N) is 3. The highest BCUT2D eigenvalue weighted by molar-refractivity contribution is 6.30. The summed E-state index contributed by atoms with van der Waals surface area (Å²) in [5.41, 5.74) is 14.4. The van der Waals surface area contributed by atoms with E-state index in [1.807, 2.05) is 19.1 Å². The van der Waals surface area contributed by atoms with E-state index in [9.17, 15) is 4.79 Å². The molecule has 0 bridgehead atoms. The van der Waals surface area contributed by atoms with Gasteiger partial charge in [-0.05, 0) is 38.5 Å². The van der Waals surface area contributed by atoms with Crippen molar-refractivity contribution < 1.29 is 4.79 Å². The lowest BCUT2D eigenvalue weighted by molar-refractivity contribution is -0.119. The van der Waals surface area contributed by atoms with Crippen LogP contribution in [0, 0.1) is 6.92 Å². The predicted octanol–water partition coefficient (Wildman–Crippen LogP) is 2.56. The number of benzene rings is 1. The summed E-state index contributed by atoms with van der Waals surface area (Å²) in [5.74, 6) is 0.572. The number of carbonyl (C=O) groups is 1. The summed E-state index contributed by atoms with van der Waals surface area (Å²) in [7, 11) is 1.65. The number of rotatable bonds is 3. The van der Waals surface area contributed by atoms with Gasteiger partial charge in [-0.3, -0.25) is 9.79 Å². The fourth-order valence-corrected chi connectivity index (χ4v) is 3.54. The van der Waals surface area contributed by atoms with Crippen LogP contribution < -0.4 is 16.8 Å². The number of hydrogen-bond acceptors (Lipinski definition) is 6. The van der Waals surface area contributed by atoms with E-state index in [0.717, 1.165) is 11.1 Å². The van der Waals surface area contributed by atoms with E-state index in [4.69, 9.17) is 23.1 Å². The fraction of sp³-hybridized carbons (Fsp3) is 0.263. The summed E-state index contributed by atoms with van der Waals surface area (Å²) >= 11 is 6.05. The maximum atomic E-state index is 12.6. The zero-order valence-electron chi connectivity index (χ0n) is 15.6. The van der Waals surface area contributed by atoms with Gasteiger partial charge in [0.15, 0.2) is 5.82 Å². The minimum Gasteiger partial charge on any atom is -0.401 e. The summed E-state index contributed by atoms with van der Waals surface area (Å²) in [5, 5.41) is 3.40. The van der Waals surface area contributed by atoms with Crippen LogP contribution >= 0.6 is 11.6 Å². The first-order chi connectivity index (χ1) is 12.7. The van der Waals surface area contributed by atoms with Gasteiger partial charge in [0, 0.05) is 23.3 Å². The number of nitrogens with one attached hydrogen (secondary N) is 1. The molecule has 0 radical (unpaired) electrons. The maximum absolute atomic E-state index is 12.6. The molecule has 0 saturated carbocycles. The van der Waals surface area contributed by atoms with Crippen LogP contribution in [-0.2, 0) is 10.2 Å². The third-order valence-corrected chi connectivity index (χ3v) is 5.13. The van der Waals surface area contributed by atoms with Crippen LogP contribution in [0.5, 0.6) is 0 Å². The number of hydrogen-bond donors (Lipinski definition) is 3. The van der Waals surface area contributed by atoms with Gasteiger partial charge in [-0.15, -0.1) is 0 Å². The second-order valence-electron chi connectivity index (χ2n) is 6.51. The average molecular weight is 385 g/mol. The Balaban J connectivity index is 2.18. The first-order valence-corrected chi connectivity index (χ1v) is 8.77. The van der Waals surface area contributed by atoms with Crippen molar-refractivity contribution in [2.24, 2.45) is 10.7 Å². The van der Waals surface area contributed by atoms with E-state index >= 15 is 0 Å². The Morgan fingerprint density at radius 3 is 2.67 bits per heavy atom. The van der Waals surface area contributed by atoms with Gasteiger partial charge >= 0.3 is 0 Å². The van der Waals surface area contributed by atoms with Gasteiger partial charge in [0.1, 0.15) is 22.8 Å². The molecule has 0 saturated heterocycles. The zero-order valence-corrected chi connectivity index (χ0v) is 16.3. The number of aromatic nitrogens is 2. The number of aliphatic imine (C=N–C) groups is 1. The number of aryl methyl sites for hydroxylation is 1. The van der Waals surface area contributed by atoms with Crippen molar-refractivity contribution in [3.05, 3.63) is 57.5 Å². The molecule has 1 amide bonds. The molecule has 0 spiro atoms. The van der Waals surface area contributed by atoms with E-state index < -0.39 is 5.41 Å². The molecule has 2 heterocycles. The predicted molar refractivity (Wildman–Crippen MR) is 108 cm³/mol. The summed E-state index contributed by atoms with van der Waals surface area (Å²) in [6.07, 6.45) is 1.68. The molecule has 2 aromatic rings. The van der Waals surface area contributed by atoms with Crippen molar-refractivity contribution in [3.63, 3.8) is 0 Å². The lowest BCUT2D eigenvalue weighted by atomic mass is 9.81. The average Bonchev–Trinajstić information content (AvgIpc) is 2.88. The monoisotopic (exact) mass is 384 g/mol. The van der Waals surface area contributed by atoms with Crippen LogP contribution in [0.2, 0.25) is 5.02 Å². The molecule has 7 nitrogen and oxygen atoms in total. The largest absolute Gasteiger partial charge is 0.401 e. The third kappa shape index (κ3) is 2.84. The van der Waals surface area contributed by atoms with Gasteiger partial charge in [-0.2, -0.15) is 0 Å². The summed E-state index contributed by atoms with van der Waals surface area (Å²) in [4.78, 5) is 25.9. The minimum atomic E-state index is -1.10. The first-order valence-electron chi connectivity index (χ1n) is 8.39. The van der Waals surface area contributed by atoms with Crippen molar-refractivity contribution in [2.45, 2.75) is 26.2 Å². The van der Waals surface area contributed by atoms with Crippen LogP contribution in [0.1, 0.15) is 36.4 Å². The SMILES string of the molecule is C/C=C(\N)C1(C)C(=O)Nc2nc(C(=NC)c3ccc(Cl)cc3C)nc(N)c21. The van der Waals surface area contributed by atoms with E-state index in [1.165, 1.54) is 0 Å². The van der Waals surface area contributed by atoms with E-state index in [-0.39, 0.29) is 11.7 Å². The van der Waals surface area contributed by atoms with Gasteiger partial charge in [0.05, 0.1) is 5.56 Å². The number of halogens is 1. The second-order valence-corrected chi connectivity index (χ2v) is 6.95. The molecule has 3 rings (SSSR count). The number of carbonyl (C=O) groups excluding carboxylic acids is 1. The Kier molecular flexibility index (Phi) is 4.65. The third-order valence-electron chi connectivity index (χ3n) is 4.89. The van der Waals surface area contributed by atoms with Crippen LogP contribution in [-0.4, -0.2) is 28.6 Å². The van der Waals surface area contributed by atoms with Crippen LogP contribution in [0.15, 0.2) is 35.0 Å². The highest BCUT2D eigenvalue weighted by atomic mass is 35.5. The molecule has 1 atom stereocenters. The van der Waals surface area contributed by atoms with Crippen molar-refractivity contribution in [3.8, 4) is 0 Å².